The van der Waals surface area contributed by atoms with E-state index >= 15 is 0 Å². The van der Waals surface area contributed by atoms with Crippen LogP contribution < -0.4 is 4.90 Å². The average Bonchev–Trinajstić information content (AvgIpc) is 3.04. The molecule has 0 aliphatic heterocycles. The number of rotatable bonds is 6. The number of thiophene rings is 1. The lowest BCUT2D eigenvalue weighted by Gasteiger charge is -2.18. The van der Waals surface area contributed by atoms with E-state index in [4.69, 9.17) is 5.11 Å². The van der Waals surface area contributed by atoms with Crippen molar-refractivity contribution in [2.24, 2.45) is 0 Å². The van der Waals surface area contributed by atoms with E-state index in [2.05, 4.69) is 4.98 Å². The van der Waals surface area contributed by atoms with Crippen molar-refractivity contribution >= 4 is 39.6 Å². The van der Waals surface area contributed by atoms with Gasteiger partial charge in [-0.3, -0.25) is 4.79 Å². The van der Waals surface area contributed by atoms with E-state index in [0.29, 0.717) is 18.2 Å². The van der Waals surface area contributed by atoms with Crippen LogP contribution in [-0.4, -0.2) is 28.4 Å². The van der Waals surface area contributed by atoms with Crippen molar-refractivity contribution in [2.45, 2.75) is 20.4 Å². The van der Waals surface area contributed by atoms with Crippen molar-refractivity contribution in [3.8, 4) is 0 Å². The minimum absolute atomic E-state index is 0.151. The maximum Gasteiger partial charge on any atom is 0.356 e. The summed E-state index contributed by atoms with van der Waals surface area (Å²) in [7, 11) is 0. The van der Waals surface area contributed by atoms with Crippen LogP contribution in [0.15, 0.2) is 17.5 Å². The molecule has 2 heterocycles. The molecular formula is C13H14N2O3S2. The molecule has 1 N–H and O–H groups in total. The number of hydrogen-bond donors (Lipinski definition) is 1. The summed E-state index contributed by atoms with van der Waals surface area (Å²) < 4.78 is 0. The van der Waals surface area contributed by atoms with Crippen LogP contribution in [0, 0.1) is 0 Å². The molecule has 2 aromatic heterocycles. The topological polar surface area (TPSA) is 70.5 Å². The summed E-state index contributed by atoms with van der Waals surface area (Å²) in [4.78, 5) is 30.1. The Morgan fingerprint density at radius 1 is 1.45 bits per heavy atom. The fourth-order valence-electron chi connectivity index (χ4n) is 1.73. The van der Waals surface area contributed by atoms with Gasteiger partial charge in [0.15, 0.2) is 16.6 Å². The number of carbonyl (C=O) groups excluding carboxylic acids is 1. The van der Waals surface area contributed by atoms with Crippen LogP contribution in [0.3, 0.4) is 0 Å². The third-order valence-corrected chi connectivity index (χ3v) is 4.80. The molecule has 0 unspecified atom stereocenters. The normalized spacial score (nSPS) is 10.5. The first-order valence-corrected chi connectivity index (χ1v) is 7.75. The highest BCUT2D eigenvalue weighted by Crippen LogP contribution is 2.28. The molecule has 0 saturated carbocycles. The van der Waals surface area contributed by atoms with Gasteiger partial charge in [0.1, 0.15) is 4.88 Å². The van der Waals surface area contributed by atoms with Gasteiger partial charge in [0.25, 0.3) is 0 Å². The van der Waals surface area contributed by atoms with Gasteiger partial charge < -0.3 is 10.0 Å². The van der Waals surface area contributed by atoms with Crippen LogP contribution in [0.1, 0.15) is 38.9 Å². The number of aromatic carboxylic acids is 1. The van der Waals surface area contributed by atoms with E-state index in [1.807, 2.05) is 29.3 Å². The molecule has 0 atom stereocenters. The summed E-state index contributed by atoms with van der Waals surface area (Å²) >= 11 is 2.78. The molecule has 0 amide bonds. The smallest absolute Gasteiger partial charge is 0.356 e. The van der Waals surface area contributed by atoms with Gasteiger partial charge >= 0.3 is 5.97 Å². The second kappa shape index (κ2) is 6.15. The Labute approximate surface area is 124 Å². The van der Waals surface area contributed by atoms with Crippen LogP contribution >= 0.6 is 22.7 Å². The SMILES string of the molecule is CCN(Cc1cccs1)c1nc(C(=O)O)c(C(C)=O)s1. The van der Waals surface area contributed by atoms with E-state index in [9.17, 15) is 9.59 Å². The molecule has 0 bridgehead atoms. The number of aromatic nitrogens is 1. The van der Waals surface area contributed by atoms with Crippen molar-refractivity contribution in [3.63, 3.8) is 0 Å². The van der Waals surface area contributed by atoms with Gasteiger partial charge in [-0.25, -0.2) is 9.78 Å². The van der Waals surface area contributed by atoms with Crippen molar-refractivity contribution in [1.82, 2.24) is 4.98 Å². The van der Waals surface area contributed by atoms with Gasteiger partial charge in [0.05, 0.1) is 6.54 Å². The van der Waals surface area contributed by atoms with Gasteiger partial charge in [-0.05, 0) is 18.4 Å². The number of carbonyl (C=O) groups is 2. The maximum absolute atomic E-state index is 11.5. The largest absolute Gasteiger partial charge is 0.476 e. The summed E-state index contributed by atoms with van der Waals surface area (Å²) in [5.74, 6) is -1.43. The molecule has 0 saturated heterocycles. The molecule has 106 valence electrons. The number of thiazole rings is 1. The van der Waals surface area contributed by atoms with E-state index in [-0.39, 0.29) is 16.4 Å². The van der Waals surface area contributed by atoms with E-state index in [1.54, 1.807) is 11.3 Å². The Morgan fingerprint density at radius 3 is 2.65 bits per heavy atom. The van der Waals surface area contributed by atoms with E-state index in [1.165, 1.54) is 11.8 Å². The zero-order valence-electron chi connectivity index (χ0n) is 11.1. The number of anilines is 1. The summed E-state index contributed by atoms with van der Waals surface area (Å²) in [6, 6.07) is 3.99. The number of ketones is 1. The fourth-order valence-corrected chi connectivity index (χ4v) is 3.47. The van der Waals surface area contributed by atoms with Crippen LogP contribution in [0.25, 0.3) is 0 Å². The second-order valence-electron chi connectivity index (χ2n) is 4.13. The summed E-state index contributed by atoms with van der Waals surface area (Å²) in [5.41, 5.74) is -0.151. The quantitative estimate of drug-likeness (QED) is 0.830. The number of hydrogen-bond acceptors (Lipinski definition) is 6. The van der Waals surface area contributed by atoms with Gasteiger partial charge in [-0.1, -0.05) is 17.4 Å². The fraction of sp³-hybridized carbons (Fsp3) is 0.308. The molecular weight excluding hydrogens is 296 g/mol. The third kappa shape index (κ3) is 3.05. The Balaban J connectivity index is 2.32. The van der Waals surface area contributed by atoms with Crippen molar-refractivity contribution in [3.05, 3.63) is 33.0 Å². The summed E-state index contributed by atoms with van der Waals surface area (Å²) in [6.07, 6.45) is 0. The van der Waals surface area contributed by atoms with Crippen molar-refractivity contribution in [1.29, 1.82) is 0 Å². The monoisotopic (exact) mass is 310 g/mol. The molecule has 7 heteroatoms. The van der Waals surface area contributed by atoms with Crippen LogP contribution in [0.5, 0.6) is 0 Å². The Morgan fingerprint density at radius 2 is 2.20 bits per heavy atom. The molecule has 0 spiro atoms. The first kappa shape index (κ1) is 14.7. The van der Waals surface area contributed by atoms with Gasteiger partial charge in [0.2, 0.25) is 0 Å². The van der Waals surface area contributed by atoms with Crippen LogP contribution in [-0.2, 0) is 6.54 Å². The Kier molecular flexibility index (Phi) is 4.51. The van der Waals surface area contributed by atoms with Gasteiger partial charge in [-0.2, -0.15) is 0 Å². The van der Waals surface area contributed by atoms with Crippen molar-refractivity contribution < 1.29 is 14.7 Å². The molecule has 2 aromatic rings. The number of Topliss-reactive ketones (excluding diaryl/α,β-unsaturated/α-hetero) is 1. The first-order chi connectivity index (χ1) is 9.52. The molecule has 0 aromatic carbocycles. The Bertz CT molecular complexity index is 588. The number of carboxylic acid groups (broad SMARTS) is 1. The van der Waals surface area contributed by atoms with E-state index < -0.39 is 5.97 Å². The third-order valence-electron chi connectivity index (χ3n) is 2.72. The lowest BCUT2D eigenvalue weighted by molar-refractivity contribution is 0.0687. The second-order valence-corrected chi connectivity index (χ2v) is 6.14. The highest BCUT2D eigenvalue weighted by molar-refractivity contribution is 7.17. The molecule has 5 nitrogen and oxygen atoms in total. The minimum atomic E-state index is -1.16. The van der Waals surface area contributed by atoms with Gasteiger partial charge in [0, 0.05) is 18.3 Å². The predicted molar refractivity (Wildman–Crippen MR) is 80.1 cm³/mol. The molecule has 0 aliphatic rings. The molecule has 20 heavy (non-hydrogen) atoms. The lowest BCUT2D eigenvalue weighted by atomic mass is 10.3. The van der Waals surface area contributed by atoms with Crippen LogP contribution in [0.2, 0.25) is 0 Å². The van der Waals surface area contributed by atoms with Crippen molar-refractivity contribution in [2.75, 3.05) is 11.4 Å². The molecule has 0 fully saturated rings. The average molecular weight is 310 g/mol. The lowest BCUT2D eigenvalue weighted by Crippen LogP contribution is -2.21. The molecule has 0 radical (unpaired) electrons. The van der Waals surface area contributed by atoms with Gasteiger partial charge in [-0.15, -0.1) is 11.3 Å². The summed E-state index contributed by atoms with van der Waals surface area (Å²) in [5, 5.41) is 11.7. The van der Waals surface area contributed by atoms with E-state index in [0.717, 1.165) is 11.3 Å². The number of nitrogens with zero attached hydrogens (tertiary/aromatic N) is 2. The molecule has 2 rings (SSSR count). The predicted octanol–water partition coefficient (Wildman–Crippen LogP) is 3.13. The van der Waals surface area contributed by atoms with Crippen LogP contribution in [0.4, 0.5) is 5.13 Å². The highest BCUT2D eigenvalue weighted by Gasteiger charge is 2.22. The Hall–Kier alpha value is -1.73. The zero-order valence-corrected chi connectivity index (χ0v) is 12.8. The first-order valence-electron chi connectivity index (χ1n) is 6.05. The highest BCUT2D eigenvalue weighted by atomic mass is 32.1. The summed E-state index contributed by atoms with van der Waals surface area (Å²) in [6.45, 7) is 4.70. The standard InChI is InChI=1S/C13H14N2O3S2/c1-3-15(7-9-5-4-6-19-9)13-14-10(12(17)18)11(20-13)8(2)16/h4-6H,3,7H2,1-2H3,(H,17,18). The molecule has 0 aliphatic carbocycles. The minimum Gasteiger partial charge on any atom is -0.476 e. The zero-order chi connectivity index (χ0) is 14.7. The maximum atomic E-state index is 11.5. The number of carboxylic acids is 1.